The number of hydrogen-bond acceptors (Lipinski definition) is 7. The Morgan fingerprint density at radius 3 is 2.36 bits per heavy atom. The molecule has 1 atom stereocenters. The van der Waals surface area contributed by atoms with E-state index in [-0.39, 0.29) is 5.56 Å². The summed E-state index contributed by atoms with van der Waals surface area (Å²) in [5.41, 5.74) is 2.27. The molecule has 2 heterocycles. The number of rotatable bonds is 6. The number of ether oxygens (including phenoxy) is 3. The molecule has 0 radical (unpaired) electrons. The average Bonchev–Trinajstić information content (AvgIpc) is 3.13. The first-order valence-corrected chi connectivity index (χ1v) is 11.3. The number of carbonyl (C=O) groups is 1. The summed E-state index contributed by atoms with van der Waals surface area (Å²) in [6.07, 6.45) is 1.82. The molecule has 0 saturated heterocycles. The zero-order chi connectivity index (χ0) is 23.5. The Balaban J connectivity index is 1.88. The Bertz CT molecular complexity index is 1380. The number of allylic oxidation sites excluding steroid dienone is 1. The van der Waals surface area contributed by atoms with Gasteiger partial charge in [0.2, 0.25) is 0 Å². The molecular weight excluding hydrogens is 440 g/mol. The molecule has 7 nitrogen and oxygen atoms in total. The summed E-state index contributed by atoms with van der Waals surface area (Å²) < 4.78 is 17.9. The summed E-state index contributed by atoms with van der Waals surface area (Å²) in [7, 11) is 2.91. The summed E-state index contributed by atoms with van der Waals surface area (Å²) in [6.45, 7) is 4.27. The highest BCUT2D eigenvalue weighted by Crippen LogP contribution is 2.31. The molecule has 1 aromatic heterocycles. The van der Waals surface area contributed by atoms with Crippen molar-refractivity contribution in [3.63, 3.8) is 0 Å². The third-order valence-corrected chi connectivity index (χ3v) is 6.33. The maximum absolute atomic E-state index is 13.5. The average molecular weight is 465 g/mol. The van der Waals surface area contributed by atoms with Gasteiger partial charge in [-0.1, -0.05) is 35.6 Å². The molecule has 0 N–H and O–H groups in total. The maximum atomic E-state index is 13.5. The van der Waals surface area contributed by atoms with Crippen LogP contribution in [0.15, 0.2) is 69.6 Å². The van der Waals surface area contributed by atoms with E-state index in [0.717, 1.165) is 16.9 Å². The van der Waals surface area contributed by atoms with Crippen LogP contribution in [0, 0.1) is 0 Å². The van der Waals surface area contributed by atoms with Crippen LogP contribution >= 0.6 is 11.3 Å². The van der Waals surface area contributed by atoms with Gasteiger partial charge in [-0.05, 0) is 55.3 Å². The van der Waals surface area contributed by atoms with Gasteiger partial charge < -0.3 is 14.2 Å². The Hall–Kier alpha value is -3.65. The fourth-order valence-corrected chi connectivity index (χ4v) is 4.82. The fourth-order valence-electron chi connectivity index (χ4n) is 3.77. The van der Waals surface area contributed by atoms with Crippen LogP contribution in [-0.2, 0) is 9.53 Å². The van der Waals surface area contributed by atoms with Crippen molar-refractivity contribution in [3.8, 4) is 11.5 Å². The van der Waals surface area contributed by atoms with Crippen LogP contribution in [0.25, 0.3) is 6.08 Å². The summed E-state index contributed by atoms with van der Waals surface area (Å²) in [4.78, 5) is 31.3. The molecule has 170 valence electrons. The first-order valence-electron chi connectivity index (χ1n) is 10.4. The highest BCUT2D eigenvalue weighted by Gasteiger charge is 2.33. The van der Waals surface area contributed by atoms with E-state index in [1.54, 1.807) is 30.7 Å². The molecular formula is C25H24N2O5S. The number of esters is 1. The number of benzene rings is 2. The van der Waals surface area contributed by atoms with Crippen LogP contribution < -0.4 is 24.4 Å². The van der Waals surface area contributed by atoms with Crippen molar-refractivity contribution in [1.82, 2.24) is 4.57 Å². The van der Waals surface area contributed by atoms with E-state index >= 15 is 0 Å². The molecule has 1 unspecified atom stereocenters. The maximum Gasteiger partial charge on any atom is 0.338 e. The number of fused-ring (bicyclic) bond motifs is 1. The quantitative estimate of drug-likeness (QED) is 0.524. The minimum Gasteiger partial charge on any atom is -0.497 e. The number of thiazole rings is 1. The van der Waals surface area contributed by atoms with Crippen LogP contribution in [0.3, 0.4) is 0 Å². The second-order valence-corrected chi connectivity index (χ2v) is 8.36. The number of hydrogen-bond donors (Lipinski definition) is 0. The zero-order valence-corrected chi connectivity index (χ0v) is 19.6. The standard InChI is InChI=1S/C25H24N2O5S/c1-5-32-19-10-6-16(7-11-19)14-20-23(28)27-22(17-8-12-18(30-3)13-9-17)21(24(29)31-4)15(2)26-25(27)33-20/h6-14,22H,5H2,1-4H3. The lowest BCUT2D eigenvalue weighted by Crippen LogP contribution is -2.39. The number of aromatic nitrogens is 1. The van der Waals surface area contributed by atoms with E-state index in [4.69, 9.17) is 14.2 Å². The van der Waals surface area contributed by atoms with Gasteiger partial charge in [0.15, 0.2) is 4.80 Å². The number of methoxy groups -OCH3 is 2. The predicted molar refractivity (Wildman–Crippen MR) is 126 cm³/mol. The molecule has 0 spiro atoms. The molecule has 0 saturated carbocycles. The Kier molecular flexibility index (Phi) is 6.46. The van der Waals surface area contributed by atoms with Crippen molar-refractivity contribution in [2.24, 2.45) is 4.99 Å². The van der Waals surface area contributed by atoms with E-state index in [1.807, 2.05) is 49.4 Å². The minimum absolute atomic E-state index is 0.220. The predicted octanol–water partition coefficient (Wildman–Crippen LogP) is 2.82. The smallest absolute Gasteiger partial charge is 0.338 e. The largest absolute Gasteiger partial charge is 0.497 e. The molecule has 8 heteroatoms. The first-order chi connectivity index (χ1) is 16.0. The topological polar surface area (TPSA) is 79.1 Å². The molecule has 1 aliphatic heterocycles. The van der Waals surface area contributed by atoms with Crippen molar-refractivity contribution in [2.75, 3.05) is 20.8 Å². The van der Waals surface area contributed by atoms with Gasteiger partial charge in [0, 0.05) is 0 Å². The first kappa shape index (κ1) is 22.5. The van der Waals surface area contributed by atoms with E-state index < -0.39 is 12.0 Å². The van der Waals surface area contributed by atoms with Gasteiger partial charge in [-0.25, -0.2) is 9.79 Å². The van der Waals surface area contributed by atoms with Crippen molar-refractivity contribution in [1.29, 1.82) is 0 Å². The van der Waals surface area contributed by atoms with E-state index in [2.05, 4.69) is 4.99 Å². The summed E-state index contributed by atoms with van der Waals surface area (Å²) >= 11 is 1.29. The second-order valence-electron chi connectivity index (χ2n) is 7.35. The number of carbonyl (C=O) groups excluding carboxylic acids is 1. The van der Waals surface area contributed by atoms with Crippen molar-refractivity contribution >= 4 is 23.4 Å². The fraction of sp³-hybridized carbons (Fsp3) is 0.240. The van der Waals surface area contributed by atoms with Gasteiger partial charge in [-0.15, -0.1) is 0 Å². The van der Waals surface area contributed by atoms with Gasteiger partial charge >= 0.3 is 5.97 Å². The van der Waals surface area contributed by atoms with Crippen LogP contribution in [0.5, 0.6) is 11.5 Å². The number of nitrogens with zero attached hydrogens (tertiary/aromatic N) is 2. The lowest BCUT2D eigenvalue weighted by atomic mass is 9.96. The lowest BCUT2D eigenvalue weighted by molar-refractivity contribution is -0.136. The molecule has 0 aliphatic carbocycles. The van der Waals surface area contributed by atoms with Crippen LogP contribution in [0.2, 0.25) is 0 Å². The third kappa shape index (κ3) is 4.34. The van der Waals surface area contributed by atoms with Gasteiger partial charge in [0.25, 0.3) is 5.56 Å². The summed E-state index contributed by atoms with van der Waals surface area (Å²) in [5.74, 6) is 0.939. The van der Waals surface area contributed by atoms with E-state index in [1.165, 1.54) is 18.4 Å². The molecule has 1 aliphatic rings. The van der Waals surface area contributed by atoms with Gasteiger partial charge in [-0.3, -0.25) is 9.36 Å². The van der Waals surface area contributed by atoms with Gasteiger partial charge in [-0.2, -0.15) is 0 Å². The summed E-state index contributed by atoms with van der Waals surface area (Å²) in [5, 5.41) is 0. The molecule has 33 heavy (non-hydrogen) atoms. The van der Waals surface area contributed by atoms with Gasteiger partial charge in [0.1, 0.15) is 11.5 Å². The van der Waals surface area contributed by atoms with Crippen LogP contribution in [-0.4, -0.2) is 31.4 Å². The minimum atomic E-state index is -0.651. The van der Waals surface area contributed by atoms with Gasteiger partial charge in [0.05, 0.1) is 42.7 Å². The molecule has 2 aromatic carbocycles. The highest BCUT2D eigenvalue weighted by atomic mass is 32.1. The molecule has 3 aromatic rings. The van der Waals surface area contributed by atoms with Crippen molar-refractivity contribution < 1.29 is 19.0 Å². The van der Waals surface area contributed by atoms with E-state index in [9.17, 15) is 9.59 Å². The Morgan fingerprint density at radius 1 is 1.09 bits per heavy atom. The molecule has 4 rings (SSSR count). The SMILES string of the molecule is CCOc1ccc(C=c2sc3n(c2=O)C(c2ccc(OC)cc2)C(C(=O)OC)=C(C)N=3)cc1. The third-order valence-electron chi connectivity index (χ3n) is 5.35. The second kappa shape index (κ2) is 9.46. The summed E-state index contributed by atoms with van der Waals surface area (Å²) in [6, 6.07) is 14.2. The highest BCUT2D eigenvalue weighted by molar-refractivity contribution is 7.07. The Labute approximate surface area is 194 Å². The van der Waals surface area contributed by atoms with Crippen molar-refractivity contribution in [2.45, 2.75) is 19.9 Å². The van der Waals surface area contributed by atoms with Crippen LogP contribution in [0.1, 0.15) is 31.0 Å². The monoisotopic (exact) mass is 464 g/mol. The zero-order valence-electron chi connectivity index (χ0n) is 18.8. The van der Waals surface area contributed by atoms with E-state index in [0.29, 0.717) is 33.0 Å². The normalized spacial score (nSPS) is 15.6. The lowest BCUT2D eigenvalue weighted by Gasteiger charge is -2.24. The molecule has 0 bridgehead atoms. The molecule has 0 fully saturated rings. The van der Waals surface area contributed by atoms with Crippen LogP contribution in [0.4, 0.5) is 0 Å². The Morgan fingerprint density at radius 2 is 1.76 bits per heavy atom. The van der Waals surface area contributed by atoms with Crippen molar-refractivity contribution in [3.05, 3.63) is 90.6 Å². The molecule has 0 amide bonds.